The van der Waals surface area contributed by atoms with Crippen molar-refractivity contribution < 1.29 is 19.1 Å². The normalized spacial score (nSPS) is 18.0. The van der Waals surface area contributed by atoms with Crippen molar-refractivity contribution >= 4 is 29.1 Å². The van der Waals surface area contributed by atoms with Gasteiger partial charge in [0.15, 0.2) is 17.8 Å². The summed E-state index contributed by atoms with van der Waals surface area (Å²) in [4.78, 5) is 67.6. The van der Waals surface area contributed by atoms with Crippen LogP contribution >= 0.6 is 0 Å². The summed E-state index contributed by atoms with van der Waals surface area (Å²) < 4.78 is 8.42. The molecule has 2 aromatic heterocycles. The minimum atomic E-state index is -0.633. The van der Waals surface area contributed by atoms with Gasteiger partial charge in [-0.3, -0.25) is 23.5 Å². The Bertz CT molecular complexity index is 1120. The maximum absolute atomic E-state index is 12.7. The Labute approximate surface area is 163 Å². The highest BCUT2D eigenvalue weighted by Gasteiger charge is 2.39. The van der Waals surface area contributed by atoms with Gasteiger partial charge in [0.25, 0.3) is 11.5 Å². The molecule has 12 nitrogen and oxygen atoms in total. The number of amides is 3. The summed E-state index contributed by atoms with van der Waals surface area (Å²) in [6, 6.07) is -0.280. The van der Waals surface area contributed by atoms with Crippen LogP contribution in [0.1, 0.15) is 12.8 Å². The highest BCUT2D eigenvalue weighted by atomic mass is 16.6. The molecule has 0 N–H and O–H groups in total. The summed E-state index contributed by atoms with van der Waals surface area (Å²) in [6.45, 7) is 0.426. The minimum absolute atomic E-state index is 0.0979. The molecular formula is C17H20N6O6. The van der Waals surface area contributed by atoms with Crippen LogP contribution in [0, 0.1) is 0 Å². The summed E-state index contributed by atoms with van der Waals surface area (Å²) in [6.07, 6.45) is 1.67. The van der Waals surface area contributed by atoms with Crippen molar-refractivity contribution in [1.29, 1.82) is 0 Å². The predicted octanol–water partition coefficient (Wildman–Crippen LogP) is -1.60. The number of hydrogen-bond acceptors (Lipinski definition) is 7. The summed E-state index contributed by atoms with van der Waals surface area (Å²) in [5.41, 5.74) is -0.604. The van der Waals surface area contributed by atoms with Gasteiger partial charge in [-0.1, -0.05) is 0 Å². The Morgan fingerprint density at radius 2 is 1.83 bits per heavy atom. The molecule has 2 saturated heterocycles. The van der Waals surface area contributed by atoms with Crippen molar-refractivity contribution in [2.75, 3.05) is 19.7 Å². The molecule has 0 aliphatic carbocycles. The second kappa shape index (κ2) is 6.87. The quantitative estimate of drug-likeness (QED) is 0.603. The smallest absolute Gasteiger partial charge is 0.417 e. The summed E-state index contributed by atoms with van der Waals surface area (Å²) in [5, 5.41) is 0. The van der Waals surface area contributed by atoms with Gasteiger partial charge in [0.2, 0.25) is 5.91 Å². The van der Waals surface area contributed by atoms with Gasteiger partial charge in [0.1, 0.15) is 6.54 Å². The molecule has 0 atom stereocenters. The van der Waals surface area contributed by atoms with Crippen LogP contribution in [0.2, 0.25) is 0 Å². The highest BCUT2D eigenvalue weighted by Crippen LogP contribution is 2.21. The van der Waals surface area contributed by atoms with E-state index in [1.165, 1.54) is 29.6 Å². The molecule has 2 aliphatic heterocycles. The van der Waals surface area contributed by atoms with Gasteiger partial charge in [-0.2, -0.15) is 0 Å². The molecule has 4 heterocycles. The van der Waals surface area contributed by atoms with E-state index in [4.69, 9.17) is 4.74 Å². The third kappa shape index (κ3) is 3.00. The number of likely N-dealkylation sites (tertiary alicyclic amines) is 1. The fourth-order valence-corrected chi connectivity index (χ4v) is 3.85. The molecular weight excluding hydrogens is 384 g/mol. The fraction of sp³-hybridized carbons (Fsp3) is 0.529. The Morgan fingerprint density at radius 1 is 1.14 bits per heavy atom. The summed E-state index contributed by atoms with van der Waals surface area (Å²) in [5.74, 6) is -0.569. The van der Waals surface area contributed by atoms with E-state index in [1.807, 2.05) is 0 Å². The van der Waals surface area contributed by atoms with Crippen molar-refractivity contribution in [2.45, 2.75) is 25.4 Å². The zero-order chi connectivity index (χ0) is 20.9. The SMILES string of the molecule is Cn1c(=O)c2c(ncn2CC(=O)N2CCC(N3C(=O)COC3=O)CC2)n(C)c1=O. The Kier molecular flexibility index (Phi) is 4.47. The zero-order valence-corrected chi connectivity index (χ0v) is 16.0. The lowest BCUT2D eigenvalue weighted by atomic mass is 10.0. The standard InChI is InChI=1S/C17H20N6O6/c1-19-14-13(15(26)20(2)16(19)27)22(9-18-14)7-11(24)21-5-3-10(4-6-21)23-12(25)8-29-17(23)28/h9-10H,3-8H2,1-2H3. The van der Waals surface area contributed by atoms with E-state index in [2.05, 4.69) is 4.98 Å². The van der Waals surface area contributed by atoms with Gasteiger partial charge in [0.05, 0.1) is 6.33 Å². The van der Waals surface area contributed by atoms with Gasteiger partial charge in [-0.25, -0.2) is 19.5 Å². The molecule has 0 aromatic carbocycles. The number of hydrogen-bond donors (Lipinski definition) is 0. The third-order valence-electron chi connectivity index (χ3n) is 5.49. The van der Waals surface area contributed by atoms with Crippen LogP contribution in [0.3, 0.4) is 0 Å². The van der Waals surface area contributed by atoms with E-state index >= 15 is 0 Å². The highest BCUT2D eigenvalue weighted by molar-refractivity contribution is 5.98. The van der Waals surface area contributed by atoms with E-state index in [-0.39, 0.29) is 42.2 Å². The van der Waals surface area contributed by atoms with E-state index in [1.54, 1.807) is 4.90 Å². The summed E-state index contributed by atoms with van der Waals surface area (Å²) >= 11 is 0. The topological polar surface area (TPSA) is 129 Å². The van der Waals surface area contributed by atoms with Crippen LogP contribution in [0.4, 0.5) is 4.79 Å². The number of fused-ring (bicyclic) bond motifs is 1. The second-order valence-electron chi connectivity index (χ2n) is 7.18. The van der Waals surface area contributed by atoms with Gasteiger partial charge in [-0.15, -0.1) is 0 Å². The number of imidazole rings is 1. The number of aryl methyl sites for hydroxylation is 1. The molecule has 154 valence electrons. The lowest BCUT2D eigenvalue weighted by Crippen LogP contribution is -2.49. The average Bonchev–Trinajstić information content (AvgIpc) is 3.28. The number of nitrogens with zero attached hydrogens (tertiary/aromatic N) is 6. The fourth-order valence-electron chi connectivity index (χ4n) is 3.85. The van der Waals surface area contributed by atoms with Crippen LogP contribution in [0.15, 0.2) is 15.9 Å². The first-order chi connectivity index (χ1) is 13.8. The van der Waals surface area contributed by atoms with Crippen molar-refractivity contribution in [1.82, 2.24) is 28.5 Å². The molecule has 2 aromatic rings. The minimum Gasteiger partial charge on any atom is -0.439 e. The second-order valence-corrected chi connectivity index (χ2v) is 7.18. The largest absolute Gasteiger partial charge is 0.439 e. The predicted molar refractivity (Wildman–Crippen MR) is 98.0 cm³/mol. The van der Waals surface area contributed by atoms with Gasteiger partial charge in [0, 0.05) is 33.2 Å². The van der Waals surface area contributed by atoms with E-state index in [9.17, 15) is 24.0 Å². The van der Waals surface area contributed by atoms with Crippen molar-refractivity contribution in [3.8, 4) is 0 Å². The first kappa shape index (κ1) is 18.9. The van der Waals surface area contributed by atoms with Crippen molar-refractivity contribution in [2.24, 2.45) is 14.1 Å². The average molecular weight is 404 g/mol. The molecule has 0 spiro atoms. The first-order valence-corrected chi connectivity index (χ1v) is 9.17. The maximum Gasteiger partial charge on any atom is 0.417 e. The number of cyclic esters (lactones) is 1. The molecule has 2 fully saturated rings. The molecule has 0 unspecified atom stereocenters. The molecule has 12 heteroatoms. The summed E-state index contributed by atoms with van der Waals surface area (Å²) in [7, 11) is 2.89. The Morgan fingerprint density at radius 3 is 2.45 bits per heavy atom. The Hall–Kier alpha value is -3.44. The molecule has 0 radical (unpaired) electrons. The number of carbonyl (C=O) groups excluding carboxylic acids is 3. The lowest BCUT2D eigenvalue weighted by molar-refractivity contribution is -0.133. The number of piperidine rings is 1. The van der Waals surface area contributed by atoms with Crippen LogP contribution < -0.4 is 11.2 Å². The number of carbonyl (C=O) groups is 3. The van der Waals surface area contributed by atoms with Crippen LogP contribution in [-0.4, -0.2) is 72.1 Å². The number of rotatable bonds is 3. The van der Waals surface area contributed by atoms with Crippen LogP contribution in [0.5, 0.6) is 0 Å². The molecule has 0 saturated carbocycles. The number of imide groups is 1. The molecule has 2 aliphatic rings. The molecule has 0 bridgehead atoms. The van der Waals surface area contributed by atoms with Crippen molar-refractivity contribution in [3.63, 3.8) is 0 Å². The van der Waals surface area contributed by atoms with Crippen LogP contribution in [-0.2, 0) is 35.0 Å². The van der Waals surface area contributed by atoms with Gasteiger partial charge >= 0.3 is 11.8 Å². The maximum atomic E-state index is 12.7. The van der Waals surface area contributed by atoms with Crippen LogP contribution in [0.25, 0.3) is 11.2 Å². The van der Waals surface area contributed by atoms with Crippen molar-refractivity contribution in [3.05, 3.63) is 27.2 Å². The van der Waals surface area contributed by atoms with Gasteiger partial charge < -0.3 is 14.2 Å². The number of aromatic nitrogens is 4. The number of ether oxygens (including phenoxy) is 1. The molecule has 4 rings (SSSR count). The first-order valence-electron chi connectivity index (χ1n) is 9.17. The molecule has 29 heavy (non-hydrogen) atoms. The van der Waals surface area contributed by atoms with Gasteiger partial charge in [-0.05, 0) is 12.8 Å². The van der Waals surface area contributed by atoms with E-state index in [0.717, 1.165) is 9.47 Å². The van der Waals surface area contributed by atoms with E-state index in [0.29, 0.717) is 25.9 Å². The lowest BCUT2D eigenvalue weighted by Gasteiger charge is -2.34. The third-order valence-corrected chi connectivity index (χ3v) is 5.49. The van der Waals surface area contributed by atoms with E-state index < -0.39 is 17.3 Å². The zero-order valence-electron chi connectivity index (χ0n) is 16.0. The molecule has 3 amide bonds. The monoisotopic (exact) mass is 404 g/mol. The Balaban J connectivity index is 1.49.